The fourth-order valence-corrected chi connectivity index (χ4v) is 14.5. The Kier molecular flexibility index (Phi) is 17.1. The van der Waals surface area contributed by atoms with E-state index >= 15 is 0 Å². The van der Waals surface area contributed by atoms with Crippen LogP contribution in [-0.2, 0) is 19.2 Å². The zero-order valence-electron chi connectivity index (χ0n) is 41.7. The van der Waals surface area contributed by atoms with Gasteiger partial charge in [-0.1, -0.05) is 50.8 Å². The molecule has 1 aromatic heterocycles. The van der Waals surface area contributed by atoms with E-state index in [-0.39, 0.29) is 47.4 Å². The minimum absolute atomic E-state index is 0.163. The Morgan fingerprint density at radius 1 is 0.507 bits per heavy atom. The molecular formula is C59H79N3O6S. The van der Waals surface area contributed by atoms with Gasteiger partial charge in [-0.15, -0.1) is 11.3 Å². The Bertz CT molecular complexity index is 2120. The summed E-state index contributed by atoms with van der Waals surface area (Å²) in [5, 5.41) is 7.42. The lowest BCUT2D eigenvalue weighted by molar-refractivity contribution is -0.141. The van der Waals surface area contributed by atoms with Crippen LogP contribution in [0.4, 0.5) is 0 Å². The summed E-state index contributed by atoms with van der Waals surface area (Å²) in [5.41, 5.74) is 1.38. The van der Waals surface area contributed by atoms with Gasteiger partial charge in [0.1, 0.15) is 10.2 Å². The number of carbonyl (C=O) groups excluding carboxylic acids is 4. The van der Waals surface area contributed by atoms with E-state index in [1.54, 1.807) is 12.1 Å². The van der Waals surface area contributed by atoms with Crippen molar-refractivity contribution in [1.29, 1.82) is 0 Å². The van der Waals surface area contributed by atoms with Gasteiger partial charge in [0.05, 0.1) is 11.8 Å². The number of hydrogen-bond acceptors (Lipinski definition) is 8. The monoisotopic (exact) mass is 958 g/mol. The van der Waals surface area contributed by atoms with Crippen LogP contribution >= 0.6 is 11.3 Å². The van der Waals surface area contributed by atoms with Gasteiger partial charge in [0, 0.05) is 29.5 Å². The molecule has 2 N–H and O–H groups in total. The molecule has 0 bridgehead atoms. The first-order valence-electron chi connectivity index (χ1n) is 27.7. The van der Waals surface area contributed by atoms with Crippen molar-refractivity contribution in [3.8, 4) is 23.3 Å². The number of hydrogen-bond donors (Lipinski definition) is 2. The number of fused-ring (bicyclic) bond motifs is 1. The van der Waals surface area contributed by atoms with Gasteiger partial charge in [0.15, 0.2) is 16.5 Å². The molecule has 6 fully saturated rings. The average molecular weight is 958 g/mol. The van der Waals surface area contributed by atoms with Gasteiger partial charge in [0.25, 0.3) is 0 Å². The number of aromatic nitrogens is 1. The minimum Gasteiger partial charge on any atom is -0.425 e. The molecule has 9 rings (SSSR count). The Morgan fingerprint density at radius 3 is 1.36 bits per heavy atom. The van der Waals surface area contributed by atoms with Crippen molar-refractivity contribution in [1.82, 2.24) is 15.6 Å². The van der Waals surface area contributed by atoms with E-state index in [4.69, 9.17) is 14.5 Å². The third kappa shape index (κ3) is 12.8. The quantitative estimate of drug-likeness (QED) is 0.105. The Balaban J connectivity index is 0.758. The number of esters is 2. The van der Waals surface area contributed by atoms with Gasteiger partial charge in [-0.25, -0.2) is 4.98 Å². The van der Waals surface area contributed by atoms with Crippen LogP contribution in [0.5, 0.6) is 11.5 Å². The van der Waals surface area contributed by atoms with Crippen LogP contribution in [0.1, 0.15) is 191 Å². The van der Waals surface area contributed by atoms with Crippen molar-refractivity contribution in [3.05, 3.63) is 53.0 Å². The van der Waals surface area contributed by atoms with Crippen molar-refractivity contribution in [2.45, 2.75) is 193 Å². The predicted molar refractivity (Wildman–Crippen MR) is 273 cm³/mol. The third-order valence-corrected chi connectivity index (χ3v) is 19.3. The number of thiazole rings is 1. The normalized spacial score (nSPS) is 31.9. The average Bonchev–Trinajstić information content (AvgIpc) is 3.85. The SMILES string of the molecule is CCC1CCC(C(=O)NC2CCC(C3CCC(C(=O)Oc4ccc(OC(=O)C5CCC(C6CCC(NC(=O)C7CCC(CC)CC7)CC6)CC5)c5sc(C#Cc6ccccc6)nc45)CC3)CC2)CC1. The molecule has 6 saturated carbocycles. The summed E-state index contributed by atoms with van der Waals surface area (Å²) in [6.07, 6.45) is 27.5. The van der Waals surface area contributed by atoms with Crippen molar-refractivity contribution in [2.75, 3.05) is 0 Å². The van der Waals surface area contributed by atoms with E-state index in [0.717, 1.165) is 146 Å². The molecule has 69 heavy (non-hydrogen) atoms. The van der Waals surface area contributed by atoms with E-state index in [1.165, 1.54) is 49.9 Å². The van der Waals surface area contributed by atoms with Crippen LogP contribution < -0.4 is 20.1 Å². The molecule has 6 aliphatic rings. The summed E-state index contributed by atoms with van der Waals surface area (Å²) in [6.45, 7) is 4.53. The molecule has 0 spiro atoms. The second kappa shape index (κ2) is 23.8. The van der Waals surface area contributed by atoms with E-state index in [1.807, 2.05) is 30.3 Å². The van der Waals surface area contributed by atoms with Gasteiger partial charge < -0.3 is 20.1 Å². The van der Waals surface area contributed by atoms with Crippen LogP contribution in [-0.4, -0.2) is 40.8 Å². The molecule has 0 aliphatic heterocycles. The highest BCUT2D eigenvalue weighted by molar-refractivity contribution is 7.19. The summed E-state index contributed by atoms with van der Waals surface area (Å²) in [4.78, 5) is 58.7. The molecule has 9 nitrogen and oxygen atoms in total. The number of benzene rings is 2. The fourth-order valence-electron chi connectivity index (χ4n) is 13.6. The van der Waals surface area contributed by atoms with Gasteiger partial charge >= 0.3 is 11.9 Å². The molecule has 2 amide bonds. The number of carbonyl (C=O) groups is 4. The molecule has 1 heterocycles. The molecule has 3 aromatic rings. The standard InChI is InChI=1S/C59H79N3O6S/c1-3-38-10-15-45(16-11-38)56(63)60-49-31-27-43(28-32-49)41-19-23-47(24-20-41)58(65)67-51-35-36-52(55-54(51)62-53(69-55)37-14-40-8-6-5-7-9-40)68-59(66)48-25-21-42(22-26-48)44-29-33-50(34-30-44)61-57(64)46-17-12-39(4-2)13-18-46/h5-9,35-36,38-39,41-50H,3-4,10-13,15-34H2,1-2H3,(H,60,63)(H,61,64). The maximum Gasteiger partial charge on any atom is 0.314 e. The maximum absolute atomic E-state index is 13.9. The second-order valence-electron chi connectivity index (χ2n) is 22.4. The summed E-state index contributed by atoms with van der Waals surface area (Å²) < 4.78 is 13.1. The van der Waals surface area contributed by atoms with Crippen LogP contribution in [0, 0.1) is 71.0 Å². The number of nitrogens with zero attached hydrogens (tertiary/aromatic N) is 1. The van der Waals surface area contributed by atoms with Crippen LogP contribution in [0.15, 0.2) is 42.5 Å². The largest absolute Gasteiger partial charge is 0.425 e. The number of nitrogens with one attached hydrogen (secondary N) is 2. The first-order valence-corrected chi connectivity index (χ1v) is 28.6. The lowest BCUT2D eigenvalue weighted by Crippen LogP contribution is -2.42. The number of ether oxygens (including phenoxy) is 2. The van der Waals surface area contributed by atoms with Gasteiger partial charge in [-0.05, 0) is 220 Å². The van der Waals surface area contributed by atoms with Crippen LogP contribution in [0.2, 0.25) is 0 Å². The number of amides is 2. The Hall–Kier alpha value is -4.23. The van der Waals surface area contributed by atoms with E-state index < -0.39 is 0 Å². The molecule has 6 aliphatic carbocycles. The van der Waals surface area contributed by atoms with E-state index in [0.29, 0.717) is 62.5 Å². The first kappa shape index (κ1) is 49.7. The lowest BCUT2D eigenvalue weighted by atomic mass is 9.70. The molecule has 0 atom stereocenters. The summed E-state index contributed by atoms with van der Waals surface area (Å²) in [7, 11) is 0. The highest BCUT2D eigenvalue weighted by Crippen LogP contribution is 2.44. The molecule has 2 aromatic carbocycles. The van der Waals surface area contributed by atoms with Crippen LogP contribution in [0.3, 0.4) is 0 Å². The minimum atomic E-state index is -0.219. The zero-order chi connectivity index (χ0) is 47.7. The summed E-state index contributed by atoms with van der Waals surface area (Å²) >= 11 is 1.36. The molecule has 0 radical (unpaired) electrons. The first-order chi connectivity index (χ1) is 33.7. The zero-order valence-corrected chi connectivity index (χ0v) is 42.5. The van der Waals surface area contributed by atoms with Crippen molar-refractivity contribution in [3.63, 3.8) is 0 Å². The van der Waals surface area contributed by atoms with E-state index in [2.05, 4.69) is 36.3 Å². The third-order valence-electron chi connectivity index (χ3n) is 18.3. The molecule has 372 valence electrons. The highest BCUT2D eigenvalue weighted by Gasteiger charge is 2.37. The van der Waals surface area contributed by atoms with Crippen molar-refractivity contribution in [2.24, 2.45) is 59.2 Å². The van der Waals surface area contributed by atoms with E-state index in [9.17, 15) is 19.2 Å². The molecule has 0 saturated heterocycles. The second-order valence-corrected chi connectivity index (χ2v) is 23.4. The maximum atomic E-state index is 13.9. The van der Waals surface area contributed by atoms with Crippen molar-refractivity contribution >= 4 is 45.3 Å². The smallest absolute Gasteiger partial charge is 0.314 e. The van der Waals surface area contributed by atoms with Gasteiger partial charge in [-0.3, -0.25) is 19.2 Å². The highest BCUT2D eigenvalue weighted by atomic mass is 32.1. The van der Waals surface area contributed by atoms with Crippen LogP contribution in [0.25, 0.3) is 10.2 Å². The fraction of sp³-hybridized carbons (Fsp3) is 0.678. The molecular weight excluding hydrogens is 879 g/mol. The Morgan fingerprint density at radius 2 is 0.913 bits per heavy atom. The van der Waals surface area contributed by atoms with Crippen molar-refractivity contribution < 1.29 is 28.7 Å². The van der Waals surface area contributed by atoms with Gasteiger partial charge in [0.2, 0.25) is 11.8 Å². The molecule has 10 heteroatoms. The van der Waals surface area contributed by atoms with Gasteiger partial charge in [-0.2, -0.15) is 0 Å². The molecule has 0 unspecified atom stereocenters. The predicted octanol–water partition coefficient (Wildman–Crippen LogP) is 12.9. The lowest BCUT2D eigenvalue weighted by Gasteiger charge is -2.38. The topological polar surface area (TPSA) is 124 Å². The summed E-state index contributed by atoms with van der Waals surface area (Å²) in [5.74, 6) is 11.6. The summed E-state index contributed by atoms with van der Waals surface area (Å²) in [6, 6.07) is 13.9. The number of rotatable bonds is 12. The Labute approximate surface area is 416 Å².